The molecular weight excluding hydrogens is 575 g/mol. The number of amidine groups is 1. The van der Waals surface area contributed by atoms with Gasteiger partial charge in [0, 0.05) is 30.0 Å². The van der Waals surface area contributed by atoms with Crippen molar-refractivity contribution in [1.82, 2.24) is 14.8 Å². The lowest BCUT2D eigenvalue weighted by molar-refractivity contribution is -0.274. The number of carbonyl (C=O) groups excluding carboxylic acids is 1. The summed E-state index contributed by atoms with van der Waals surface area (Å²) in [4.78, 5) is 24.3. The second kappa shape index (κ2) is 11.9. The minimum Gasteiger partial charge on any atom is -0.406 e. The van der Waals surface area contributed by atoms with E-state index in [4.69, 9.17) is 0 Å². The number of carbonyl (C=O) groups is 1. The van der Waals surface area contributed by atoms with E-state index in [-0.39, 0.29) is 18.1 Å². The molecule has 43 heavy (non-hydrogen) atoms. The van der Waals surface area contributed by atoms with Gasteiger partial charge in [-0.05, 0) is 67.1 Å². The summed E-state index contributed by atoms with van der Waals surface area (Å²) in [5, 5.41) is 5.21. The van der Waals surface area contributed by atoms with Crippen LogP contribution in [0.1, 0.15) is 42.5 Å². The highest BCUT2D eigenvalue weighted by atomic mass is 32.2. The minimum absolute atomic E-state index is 0.169. The molecule has 1 aliphatic heterocycles. The molecule has 7 nitrogen and oxygen atoms in total. The van der Waals surface area contributed by atoms with Crippen LogP contribution >= 0.6 is 11.8 Å². The van der Waals surface area contributed by atoms with Crippen LogP contribution in [0.3, 0.4) is 0 Å². The van der Waals surface area contributed by atoms with Gasteiger partial charge in [-0.2, -0.15) is 4.99 Å². The highest BCUT2D eigenvalue weighted by molar-refractivity contribution is 8.14. The third-order valence-electron chi connectivity index (χ3n) is 7.25. The summed E-state index contributed by atoms with van der Waals surface area (Å²) < 4.78 is 42.7. The fourth-order valence-corrected chi connectivity index (χ4v) is 6.28. The standard InChI is InChI=1S/C32H32F3N5O2S/c1-20-16-21(2)28(22(3)17-20)39-14-15-43-30(39)37-27(41)18-31(4,5)24-8-6-23(7-9-24)29-36-19-40(38-29)25-10-12-26(13-11-25)42-32(33,34)35/h6-13,16-17,19H,14-15,18H2,1-5H3. The molecule has 1 saturated heterocycles. The lowest BCUT2D eigenvalue weighted by Gasteiger charge is -2.25. The molecule has 1 aliphatic rings. The van der Waals surface area contributed by atoms with Gasteiger partial charge in [0.2, 0.25) is 5.91 Å². The number of ether oxygens (including phenoxy) is 1. The van der Waals surface area contributed by atoms with Crippen molar-refractivity contribution in [2.45, 2.75) is 52.8 Å². The molecule has 1 fully saturated rings. The van der Waals surface area contributed by atoms with Crippen LogP contribution < -0.4 is 9.64 Å². The molecule has 1 aromatic heterocycles. The number of nitrogens with zero attached hydrogens (tertiary/aromatic N) is 5. The monoisotopic (exact) mass is 607 g/mol. The zero-order valence-corrected chi connectivity index (χ0v) is 25.4. The first kappa shape index (κ1) is 30.3. The Balaban J connectivity index is 1.26. The van der Waals surface area contributed by atoms with Crippen molar-refractivity contribution in [3.63, 3.8) is 0 Å². The van der Waals surface area contributed by atoms with Crippen molar-refractivity contribution < 1.29 is 22.7 Å². The number of benzene rings is 3. The molecule has 0 N–H and O–H groups in total. The molecule has 2 heterocycles. The second-order valence-electron chi connectivity index (χ2n) is 11.2. The molecule has 0 bridgehead atoms. The van der Waals surface area contributed by atoms with Gasteiger partial charge in [0.25, 0.3) is 0 Å². The van der Waals surface area contributed by atoms with Gasteiger partial charge >= 0.3 is 6.36 Å². The van der Waals surface area contributed by atoms with E-state index in [1.807, 2.05) is 38.1 Å². The van der Waals surface area contributed by atoms with Crippen LogP contribution in [0.5, 0.6) is 5.75 Å². The van der Waals surface area contributed by atoms with E-state index in [1.165, 1.54) is 52.0 Å². The van der Waals surface area contributed by atoms with E-state index in [1.54, 1.807) is 11.8 Å². The van der Waals surface area contributed by atoms with Crippen molar-refractivity contribution in [3.05, 3.63) is 89.2 Å². The van der Waals surface area contributed by atoms with Crippen LogP contribution in [0.15, 0.2) is 72.0 Å². The summed E-state index contributed by atoms with van der Waals surface area (Å²) in [5.41, 5.74) is 6.51. The lowest BCUT2D eigenvalue weighted by Crippen LogP contribution is -2.27. The maximum atomic E-state index is 13.2. The summed E-state index contributed by atoms with van der Waals surface area (Å²) in [7, 11) is 0. The van der Waals surface area contributed by atoms with Gasteiger partial charge in [0.15, 0.2) is 11.0 Å². The molecule has 3 aromatic carbocycles. The van der Waals surface area contributed by atoms with E-state index in [2.05, 4.69) is 57.6 Å². The molecule has 0 atom stereocenters. The van der Waals surface area contributed by atoms with Crippen molar-refractivity contribution in [2.24, 2.45) is 4.99 Å². The molecule has 0 spiro atoms. The number of alkyl halides is 3. The number of amides is 1. The first-order valence-electron chi connectivity index (χ1n) is 13.8. The molecule has 0 unspecified atom stereocenters. The van der Waals surface area contributed by atoms with E-state index in [0.717, 1.165) is 34.3 Å². The van der Waals surface area contributed by atoms with Crippen LogP contribution in [0.2, 0.25) is 0 Å². The minimum atomic E-state index is -4.75. The molecule has 224 valence electrons. The maximum absolute atomic E-state index is 13.2. The SMILES string of the molecule is Cc1cc(C)c(N2CCSC2=NC(=O)CC(C)(C)c2ccc(-c3ncn(-c4ccc(OC(F)(F)F)cc4)n3)cc2)c(C)c1. The third-order valence-corrected chi connectivity index (χ3v) is 8.20. The van der Waals surface area contributed by atoms with Crippen molar-refractivity contribution in [2.75, 3.05) is 17.2 Å². The number of rotatable bonds is 7. The zero-order valence-electron chi connectivity index (χ0n) is 24.6. The molecule has 5 rings (SSSR count). The molecule has 11 heteroatoms. The van der Waals surface area contributed by atoms with Crippen LogP contribution in [0.4, 0.5) is 18.9 Å². The smallest absolute Gasteiger partial charge is 0.406 e. The number of anilines is 1. The largest absolute Gasteiger partial charge is 0.573 e. The Hall–Kier alpha value is -4.12. The summed E-state index contributed by atoms with van der Waals surface area (Å²) in [6.07, 6.45) is -3.01. The topological polar surface area (TPSA) is 72.6 Å². The zero-order chi connectivity index (χ0) is 30.9. The van der Waals surface area contributed by atoms with Gasteiger partial charge in [0.05, 0.1) is 5.69 Å². The average molecular weight is 608 g/mol. The van der Waals surface area contributed by atoms with Crippen LogP contribution in [-0.2, 0) is 10.2 Å². The summed E-state index contributed by atoms with van der Waals surface area (Å²) in [6, 6.07) is 17.4. The molecule has 0 aliphatic carbocycles. The Labute approximate surface area is 252 Å². The van der Waals surface area contributed by atoms with Crippen LogP contribution in [0, 0.1) is 20.8 Å². The number of halogens is 3. The highest BCUT2D eigenvalue weighted by Crippen LogP contribution is 2.34. The van der Waals surface area contributed by atoms with Crippen molar-refractivity contribution in [3.8, 4) is 22.8 Å². The number of hydrogen-bond donors (Lipinski definition) is 0. The number of thioether (sulfide) groups is 1. The van der Waals surface area contributed by atoms with E-state index in [9.17, 15) is 18.0 Å². The first-order valence-corrected chi connectivity index (χ1v) is 14.8. The predicted molar refractivity (Wildman–Crippen MR) is 164 cm³/mol. The van der Waals surface area contributed by atoms with Gasteiger partial charge in [0.1, 0.15) is 12.1 Å². The average Bonchev–Trinajstić information content (AvgIpc) is 3.58. The molecule has 1 amide bonds. The quantitative estimate of drug-likeness (QED) is 0.216. The van der Waals surface area contributed by atoms with Gasteiger partial charge in [-0.1, -0.05) is 67.6 Å². The van der Waals surface area contributed by atoms with E-state index < -0.39 is 11.8 Å². The Bertz CT molecular complexity index is 1640. The number of hydrogen-bond acceptors (Lipinski definition) is 5. The van der Waals surface area contributed by atoms with Gasteiger partial charge in [-0.3, -0.25) is 4.79 Å². The summed E-state index contributed by atoms with van der Waals surface area (Å²) >= 11 is 1.61. The molecular formula is C32H32F3N5O2S. The van der Waals surface area contributed by atoms with Crippen LogP contribution in [-0.4, -0.2) is 44.5 Å². The Kier molecular flexibility index (Phi) is 8.38. The second-order valence-corrected chi connectivity index (χ2v) is 12.3. The van der Waals surface area contributed by atoms with E-state index in [0.29, 0.717) is 11.5 Å². The highest BCUT2D eigenvalue weighted by Gasteiger charge is 2.31. The molecule has 4 aromatic rings. The summed E-state index contributed by atoms with van der Waals surface area (Å²) in [6.45, 7) is 11.1. The lowest BCUT2D eigenvalue weighted by atomic mass is 9.81. The fourth-order valence-electron chi connectivity index (χ4n) is 5.32. The third kappa shape index (κ3) is 7.10. The Morgan fingerprint density at radius 3 is 2.28 bits per heavy atom. The number of aliphatic imine (C=N–C) groups is 1. The van der Waals surface area contributed by atoms with Crippen molar-refractivity contribution >= 4 is 28.5 Å². The number of aromatic nitrogens is 3. The Morgan fingerprint density at radius 2 is 1.65 bits per heavy atom. The number of aryl methyl sites for hydroxylation is 3. The summed E-state index contributed by atoms with van der Waals surface area (Å²) in [5.74, 6) is 0.863. The van der Waals surface area contributed by atoms with Crippen LogP contribution in [0.25, 0.3) is 17.1 Å². The van der Waals surface area contributed by atoms with E-state index >= 15 is 0 Å². The fraction of sp³-hybridized carbons (Fsp3) is 0.312. The first-order chi connectivity index (χ1) is 20.3. The molecule has 0 radical (unpaired) electrons. The van der Waals surface area contributed by atoms with Gasteiger partial charge in [-0.25, -0.2) is 9.67 Å². The van der Waals surface area contributed by atoms with Crippen molar-refractivity contribution in [1.29, 1.82) is 0 Å². The predicted octanol–water partition coefficient (Wildman–Crippen LogP) is 7.56. The Morgan fingerprint density at radius 1 is 1.00 bits per heavy atom. The van der Waals surface area contributed by atoms with Gasteiger partial charge in [-0.15, -0.1) is 18.3 Å². The molecule has 0 saturated carbocycles. The maximum Gasteiger partial charge on any atom is 0.573 e. The normalized spacial score (nSPS) is 14.9. The van der Waals surface area contributed by atoms with Gasteiger partial charge < -0.3 is 9.64 Å².